The Hall–Kier alpha value is -1.84. The topological polar surface area (TPSA) is 38.3 Å². The summed E-state index contributed by atoms with van der Waals surface area (Å²) < 4.78 is 5.54. The molecule has 0 saturated carbocycles. The lowest BCUT2D eigenvalue weighted by molar-refractivity contribution is -0.121. The van der Waals surface area contributed by atoms with E-state index in [4.69, 9.17) is 16.3 Å². The molecule has 2 aromatic rings. The Morgan fingerprint density at radius 2 is 1.72 bits per heavy atom. The first-order valence-corrected chi connectivity index (χ1v) is 9.21. The number of rotatable bonds is 6. The molecule has 3 rings (SSSR count). The molecule has 0 aromatic heterocycles. The van der Waals surface area contributed by atoms with Crippen LogP contribution in [0.25, 0.3) is 0 Å². The molecule has 0 unspecified atom stereocenters. The number of aryl methyl sites for hydroxylation is 1. The van der Waals surface area contributed by atoms with Crippen molar-refractivity contribution in [3.05, 3.63) is 70.7 Å². The summed E-state index contributed by atoms with van der Waals surface area (Å²) in [5, 5.41) is 3.87. The summed E-state index contributed by atoms with van der Waals surface area (Å²) in [6.07, 6.45) is 2.97. The van der Waals surface area contributed by atoms with Gasteiger partial charge in [0.25, 0.3) is 0 Å². The van der Waals surface area contributed by atoms with Crippen LogP contribution in [0.2, 0.25) is 5.02 Å². The van der Waals surface area contributed by atoms with Crippen molar-refractivity contribution in [2.45, 2.75) is 31.1 Å². The van der Waals surface area contributed by atoms with Gasteiger partial charge in [0, 0.05) is 36.6 Å². The van der Waals surface area contributed by atoms with Crippen molar-refractivity contribution < 1.29 is 9.53 Å². The van der Waals surface area contributed by atoms with E-state index < -0.39 is 0 Å². The highest BCUT2D eigenvalue weighted by Crippen LogP contribution is 2.34. The lowest BCUT2D eigenvalue weighted by atomic mass is 9.74. The van der Waals surface area contributed by atoms with Gasteiger partial charge in [0.05, 0.1) is 0 Å². The van der Waals surface area contributed by atoms with Crippen molar-refractivity contribution in [2.24, 2.45) is 0 Å². The zero-order valence-electron chi connectivity index (χ0n) is 14.3. The van der Waals surface area contributed by atoms with E-state index in [1.807, 2.05) is 30.3 Å². The standard InChI is InChI=1S/C21H24ClNO2/c22-19-9-5-4-6-17(19)10-11-20(24)23-16-21(12-14-25-15-13-21)18-7-2-1-3-8-18/h1-9H,10-16H2,(H,23,24). The van der Waals surface area contributed by atoms with Gasteiger partial charge in [-0.05, 0) is 36.5 Å². The smallest absolute Gasteiger partial charge is 0.220 e. The number of benzene rings is 2. The Bertz CT molecular complexity index is 696. The van der Waals surface area contributed by atoms with E-state index in [0.717, 1.165) is 36.6 Å². The van der Waals surface area contributed by atoms with Crippen molar-refractivity contribution in [2.75, 3.05) is 19.8 Å². The van der Waals surface area contributed by atoms with E-state index in [-0.39, 0.29) is 11.3 Å². The maximum absolute atomic E-state index is 12.4. The maximum atomic E-state index is 12.4. The van der Waals surface area contributed by atoms with Gasteiger partial charge >= 0.3 is 0 Å². The van der Waals surface area contributed by atoms with E-state index in [0.29, 0.717) is 19.4 Å². The van der Waals surface area contributed by atoms with E-state index in [1.165, 1.54) is 5.56 Å². The number of nitrogens with one attached hydrogen (secondary N) is 1. The van der Waals surface area contributed by atoms with E-state index in [1.54, 1.807) is 0 Å². The average Bonchev–Trinajstić information content (AvgIpc) is 2.67. The minimum atomic E-state index is -0.0282. The monoisotopic (exact) mass is 357 g/mol. The Balaban J connectivity index is 1.59. The lowest BCUT2D eigenvalue weighted by Crippen LogP contribution is -2.44. The molecule has 0 bridgehead atoms. The van der Waals surface area contributed by atoms with Gasteiger partial charge in [0.2, 0.25) is 5.91 Å². The third kappa shape index (κ3) is 4.62. The molecular weight excluding hydrogens is 334 g/mol. The fourth-order valence-electron chi connectivity index (χ4n) is 3.43. The minimum absolute atomic E-state index is 0.0282. The number of halogens is 1. The predicted octanol–water partition coefficient (Wildman–Crippen LogP) is 4.14. The van der Waals surface area contributed by atoms with Crippen molar-refractivity contribution in [1.82, 2.24) is 5.32 Å². The Morgan fingerprint density at radius 1 is 1.04 bits per heavy atom. The molecule has 132 valence electrons. The third-order valence-electron chi connectivity index (χ3n) is 5.04. The molecule has 1 N–H and O–H groups in total. The van der Waals surface area contributed by atoms with E-state index in [2.05, 4.69) is 29.6 Å². The largest absolute Gasteiger partial charge is 0.381 e. The molecule has 0 spiro atoms. The van der Waals surface area contributed by atoms with Crippen LogP contribution < -0.4 is 5.32 Å². The fourth-order valence-corrected chi connectivity index (χ4v) is 3.66. The van der Waals surface area contributed by atoms with Crippen LogP contribution in [0, 0.1) is 0 Å². The van der Waals surface area contributed by atoms with Gasteiger partial charge in [-0.1, -0.05) is 60.1 Å². The van der Waals surface area contributed by atoms with Gasteiger partial charge in [-0.2, -0.15) is 0 Å². The predicted molar refractivity (Wildman–Crippen MR) is 101 cm³/mol. The maximum Gasteiger partial charge on any atom is 0.220 e. The Kier molecular flexibility index (Phi) is 6.11. The fraction of sp³-hybridized carbons (Fsp3) is 0.381. The van der Waals surface area contributed by atoms with Crippen molar-refractivity contribution in [1.29, 1.82) is 0 Å². The number of hydrogen-bond donors (Lipinski definition) is 1. The Morgan fingerprint density at radius 3 is 2.44 bits per heavy atom. The van der Waals surface area contributed by atoms with Crippen LogP contribution in [0.5, 0.6) is 0 Å². The van der Waals surface area contributed by atoms with Crippen LogP contribution >= 0.6 is 11.6 Å². The molecule has 3 nitrogen and oxygen atoms in total. The number of hydrogen-bond acceptors (Lipinski definition) is 2. The zero-order chi connectivity index (χ0) is 17.5. The second-order valence-electron chi connectivity index (χ2n) is 6.63. The number of ether oxygens (including phenoxy) is 1. The average molecular weight is 358 g/mol. The minimum Gasteiger partial charge on any atom is -0.381 e. The summed E-state index contributed by atoms with van der Waals surface area (Å²) in [5.74, 6) is 0.0710. The van der Waals surface area contributed by atoms with E-state index >= 15 is 0 Å². The number of carbonyl (C=O) groups is 1. The van der Waals surface area contributed by atoms with Gasteiger partial charge in [-0.3, -0.25) is 4.79 Å². The second-order valence-corrected chi connectivity index (χ2v) is 7.03. The molecule has 25 heavy (non-hydrogen) atoms. The molecule has 1 fully saturated rings. The highest BCUT2D eigenvalue weighted by molar-refractivity contribution is 6.31. The molecule has 1 saturated heterocycles. The molecule has 1 heterocycles. The van der Waals surface area contributed by atoms with Gasteiger partial charge in [0.1, 0.15) is 0 Å². The number of amides is 1. The van der Waals surface area contributed by atoms with Crippen LogP contribution in [-0.4, -0.2) is 25.7 Å². The zero-order valence-corrected chi connectivity index (χ0v) is 15.1. The van der Waals surface area contributed by atoms with Gasteiger partial charge in [0.15, 0.2) is 0 Å². The molecule has 2 aromatic carbocycles. The van der Waals surface area contributed by atoms with Crippen molar-refractivity contribution >= 4 is 17.5 Å². The molecular formula is C21H24ClNO2. The highest BCUT2D eigenvalue weighted by atomic mass is 35.5. The highest BCUT2D eigenvalue weighted by Gasteiger charge is 2.34. The molecule has 1 aliphatic rings. The van der Waals surface area contributed by atoms with Gasteiger partial charge in [-0.15, -0.1) is 0 Å². The summed E-state index contributed by atoms with van der Waals surface area (Å²) in [5.41, 5.74) is 2.27. The van der Waals surface area contributed by atoms with Crippen molar-refractivity contribution in [3.63, 3.8) is 0 Å². The Labute approximate surface area is 154 Å². The van der Waals surface area contributed by atoms with Crippen LogP contribution in [0.15, 0.2) is 54.6 Å². The van der Waals surface area contributed by atoms with Crippen LogP contribution in [0.4, 0.5) is 0 Å². The van der Waals surface area contributed by atoms with Crippen LogP contribution in [0.1, 0.15) is 30.4 Å². The molecule has 1 aliphatic heterocycles. The lowest BCUT2D eigenvalue weighted by Gasteiger charge is -2.38. The molecule has 1 amide bonds. The normalized spacial score (nSPS) is 16.4. The van der Waals surface area contributed by atoms with Gasteiger partial charge in [-0.25, -0.2) is 0 Å². The van der Waals surface area contributed by atoms with Crippen molar-refractivity contribution in [3.8, 4) is 0 Å². The summed E-state index contributed by atoms with van der Waals surface area (Å²) in [7, 11) is 0. The van der Waals surface area contributed by atoms with Crippen LogP contribution in [0.3, 0.4) is 0 Å². The molecule has 0 atom stereocenters. The second kappa shape index (κ2) is 8.50. The summed E-state index contributed by atoms with van der Waals surface area (Å²) >= 11 is 6.16. The number of carbonyl (C=O) groups excluding carboxylic acids is 1. The summed E-state index contributed by atoms with van der Waals surface area (Å²) in [6, 6.07) is 18.1. The van der Waals surface area contributed by atoms with Gasteiger partial charge < -0.3 is 10.1 Å². The molecule has 0 aliphatic carbocycles. The van der Waals surface area contributed by atoms with E-state index in [9.17, 15) is 4.79 Å². The first-order chi connectivity index (χ1) is 12.2. The molecule has 0 radical (unpaired) electrons. The molecule has 4 heteroatoms. The first-order valence-electron chi connectivity index (χ1n) is 8.83. The summed E-state index contributed by atoms with van der Waals surface area (Å²) in [6.45, 7) is 2.14. The quantitative estimate of drug-likeness (QED) is 0.843. The first kappa shape index (κ1) is 18.0. The SMILES string of the molecule is O=C(CCc1ccccc1Cl)NCC1(c2ccccc2)CCOCC1. The summed E-state index contributed by atoms with van der Waals surface area (Å²) in [4.78, 5) is 12.4. The van der Waals surface area contributed by atoms with Crippen LogP contribution in [-0.2, 0) is 21.4 Å². The third-order valence-corrected chi connectivity index (χ3v) is 5.41.